The molecule has 0 aromatic carbocycles. The van der Waals surface area contributed by atoms with Gasteiger partial charge in [-0.2, -0.15) is 0 Å². The van der Waals surface area contributed by atoms with E-state index in [1.54, 1.807) is 6.92 Å². The molecule has 0 amide bonds. The second-order valence-corrected chi connectivity index (χ2v) is 4.81. The summed E-state index contributed by atoms with van der Waals surface area (Å²) in [6.07, 6.45) is 2.88. The Labute approximate surface area is 86.7 Å². The third-order valence-electron chi connectivity index (χ3n) is 1.94. The van der Waals surface area contributed by atoms with Gasteiger partial charge in [0.25, 0.3) is 0 Å². The number of rotatable bonds is 8. The Morgan fingerprint density at radius 1 is 1.43 bits per heavy atom. The lowest BCUT2D eigenvalue weighted by atomic mass is 10.1. The molecule has 0 heterocycles. The van der Waals surface area contributed by atoms with Gasteiger partial charge in [-0.3, -0.25) is 0 Å². The van der Waals surface area contributed by atoms with Crippen LogP contribution >= 0.6 is 8.03 Å². The molecule has 0 saturated heterocycles. The van der Waals surface area contributed by atoms with Gasteiger partial charge in [0.1, 0.15) is 0 Å². The van der Waals surface area contributed by atoms with Gasteiger partial charge < -0.3 is 10.8 Å². The van der Waals surface area contributed by atoms with Crippen molar-refractivity contribution in [2.24, 2.45) is 5.73 Å². The maximum Gasteiger partial charge on any atom is 0.510 e. The first kappa shape index (κ1) is 14.0. The largest absolute Gasteiger partial charge is 0.510 e. The standard InChI is InChI=1S/C9H21NO3P/c1-3-6-9(11,7-5-8-10)13-14(12)4-2/h11H,3-8,10H2,1-2H3/q+1. The molecular weight excluding hydrogens is 201 g/mol. The van der Waals surface area contributed by atoms with Gasteiger partial charge in [-0.1, -0.05) is 13.3 Å². The van der Waals surface area contributed by atoms with Crippen LogP contribution in [0.3, 0.4) is 0 Å². The van der Waals surface area contributed by atoms with Crippen LogP contribution in [0.5, 0.6) is 0 Å². The van der Waals surface area contributed by atoms with Crippen LogP contribution < -0.4 is 5.73 Å². The summed E-state index contributed by atoms with van der Waals surface area (Å²) in [6.45, 7) is 4.24. The zero-order valence-corrected chi connectivity index (χ0v) is 9.93. The predicted molar refractivity (Wildman–Crippen MR) is 57.4 cm³/mol. The number of nitrogens with two attached hydrogens (primary N) is 1. The fourth-order valence-electron chi connectivity index (χ4n) is 1.24. The average Bonchev–Trinajstić information content (AvgIpc) is 2.15. The van der Waals surface area contributed by atoms with Crippen molar-refractivity contribution < 1.29 is 14.2 Å². The van der Waals surface area contributed by atoms with Crippen molar-refractivity contribution in [3.05, 3.63) is 0 Å². The molecule has 0 radical (unpaired) electrons. The number of hydrogen-bond donors (Lipinski definition) is 2. The molecule has 0 bridgehead atoms. The highest BCUT2D eigenvalue weighted by Gasteiger charge is 2.35. The summed E-state index contributed by atoms with van der Waals surface area (Å²) in [4.78, 5) is 0. The lowest BCUT2D eigenvalue weighted by molar-refractivity contribution is -0.144. The van der Waals surface area contributed by atoms with Crippen LogP contribution in [0.25, 0.3) is 0 Å². The minimum Gasteiger partial charge on any atom is -0.362 e. The van der Waals surface area contributed by atoms with Crippen molar-refractivity contribution >= 4 is 8.03 Å². The Kier molecular flexibility index (Phi) is 7.28. The zero-order valence-electron chi connectivity index (χ0n) is 9.03. The normalized spacial score (nSPS) is 16.4. The molecule has 5 heteroatoms. The fraction of sp³-hybridized carbons (Fsp3) is 1.00. The minimum atomic E-state index is -1.74. The summed E-state index contributed by atoms with van der Waals surface area (Å²) < 4.78 is 16.3. The molecule has 0 aromatic rings. The molecule has 0 rings (SSSR count). The SMILES string of the molecule is CCCC(O)(CCCN)O[P+](=O)CC. The summed E-state index contributed by atoms with van der Waals surface area (Å²) in [5, 5.41) is 9.98. The molecule has 2 unspecified atom stereocenters. The van der Waals surface area contributed by atoms with E-state index in [1.807, 2.05) is 6.92 Å². The van der Waals surface area contributed by atoms with E-state index >= 15 is 0 Å². The van der Waals surface area contributed by atoms with Crippen LogP contribution in [0.4, 0.5) is 0 Å². The van der Waals surface area contributed by atoms with Gasteiger partial charge >= 0.3 is 8.03 Å². The van der Waals surface area contributed by atoms with Gasteiger partial charge in [0.15, 0.2) is 6.16 Å². The maximum atomic E-state index is 11.2. The van der Waals surface area contributed by atoms with E-state index in [0.29, 0.717) is 32.0 Å². The highest BCUT2D eigenvalue weighted by atomic mass is 31.1. The molecule has 0 saturated carbocycles. The first-order valence-electron chi connectivity index (χ1n) is 5.14. The molecule has 14 heavy (non-hydrogen) atoms. The van der Waals surface area contributed by atoms with E-state index in [9.17, 15) is 9.67 Å². The summed E-state index contributed by atoms with van der Waals surface area (Å²) in [6, 6.07) is 0. The summed E-state index contributed by atoms with van der Waals surface area (Å²) in [5.74, 6) is -1.24. The summed E-state index contributed by atoms with van der Waals surface area (Å²) in [5.41, 5.74) is 5.36. The molecule has 0 aliphatic heterocycles. The van der Waals surface area contributed by atoms with Crippen molar-refractivity contribution in [3.8, 4) is 0 Å². The van der Waals surface area contributed by atoms with Gasteiger partial charge in [0, 0.05) is 12.8 Å². The third kappa shape index (κ3) is 5.66. The molecule has 84 valence electrons. The predicted octanol–water partition coefficient (Wildman–Crippen LogP) is 1.99. The summed E-state index contributed by atoms with van der Waals surface area (Å²) in [7, 11) is -1.74. The molecule has 0 aliphatic carbocycles. The van der Waals surface area contributed by atoms with E-state index in [1.165, 1.54) is 0 Å². The van der Waals surface area contributed by atoms with E-state index in [2.05, 4.69) is 0 Å². The summed E-state index contributed by atoms with van der Waals surface area (Å²) >= 11 is 0. The molecule has 0 aliphatic rings. The second kappa shape index (κ2) is 7.30. The van der Waals surface area contributed by atoms with Crippen molar-refractivity contribution in [2.75, 3.05) is 12.7 Å². The smallest absolute Gasteiger partial charge is 0.362 e. The minimum absolute atomic E-state index is 0.435. The lowest BCUT2D eigenvalue weighted by Crippen LogP contribution is -2.30. The molecular formula is C9H21NO3P+. The Morgan fingerprint density at radius 3 is 2.50 bits per heavy atom. The average molecular weight is 222 g/mol. The molecule has 0 aromatic heterocycles. The quantitative estimate of drug-likeness (QED) is 0.486. The number of hydrogen-bond acceptors (Lipinski definition) is 4. The van der Waals surface area contributed by atoms with Crippen LogP contribution in [0.15, 0.2) is 0 Å². The van der Waals surface area contributed by atoms with Crippen LogP contribution in [0, 0.1) is 0 Å². The molecule has 0 fully saturated rings. The second-order valence-electron chi connectivity index (χ2n) is 3.33. The van der Waals surface area contributed by atoms with Crippen molar-refractivity contribution in [2.45, 2.75) is 45.3 Å². The molecule has 3 N–H and O–H groups in total. The molecule has 2 atom stereocenters. The highest BCUT2D eigenvalue weighted by Crippen LogP contribution is 2.33. The highest BCUT2D eigenvalue weighted by molar-refractivity contribution is 7.39. The van der Waals surface area contributed by atoms with Crippen molar-refractivity contribution in [1.29, 1.82) is 0 Å². The van der Waals surface area contributed by atoms with E-state index in [-0.39, 0.29) is 0 Å². The van der Waals surface area contributed by atoms with E-state index in [4.69, 9.17) is 10.3 Å². The van der Waals surface area contributed by atoms with Gasteiger partial charge in [0.2, 0.25) is 5.79 Å². The third-order valence-corrected chi connectivity index (χ3v) is 3.00. The zero-order chi connectivity index (χ0) is 11.0. The monoisotopic (exact) mass is 222 g/mol. The van der Waals surface area contributed by atoms with Crippen molar-refractivity contribution in [1.82, 2.24) is 0 Å². The number of aliphatic hydroxyl groups is 1. The van der Waals surface area contributed by atoms with Crippen LogP contribution in [-0.4, -0.2) is 23.6 Å². The van der Waals surface area contributed by atoms with Gasteiger partial charge in [-0.05, 0) is 24.5 Å². The van der Waals surface area contributed by atoms with Crippen LogP contribution in [0.2, 0.25) is 0 Å². The van der Waals surface area contributed by atoms with E-state index in [0.717, 1.165) is 6.42 Å². The van der Waals surface area contributed by atoms with Gasteiger partial charge in [0.05, 0.1) is 0 Å². The fourth-order valence-corrected chi connectivity index (χ4v) is 1.93. The van der Waals surface area contributed by atoms with Crippen molar-refractivity contribution in [3.63, 3.8) is 0 Å². The Hall–Kier alpha value is -0.0200. The Balaban J connectivity index is 4.14. The van der Waals surface area contributed by atoms with Crippen LogP contribution in [-0.2, 0) is 9.09 Å². The molecule has 4 nitrogen and oxygen atoms in total. The maximum absolute atomic E-state index is 11.2. The first-order chi connectivity index (χ1) is 6.58. The van der Waals surface area contributed by atoms with Crippen LogP contribution in [0.1, 0.15) is 39.5 Å². The molecule has 0 spiro atoms. The van der Waals surface area contributed by atoms with E-state index < -0.39 is 13.8 Å². The first-order valence-corrected chi connectivity index (χ1v) is 6.50. The lowest BCUT2D eigenvalue weighted by Gasteiger charge is -2.20. The Bertz CT molecular complexity index is 177. The van der Waals surface area contributed by atoms with Gasteiger partial charge in [-0.15, -0.1) is 4.52 Å². The van der Waals surface area contributed by atoms with Gasteiger partial charge in [-0.25, -0.2) is 0 Å². The Morgan fingerprint density at radius 2 is 2.07 bits per heavy atom. The topological polar surface area (TPSA) is 72.6 Å².